The molecule has 1 fully saturated rings. The number of aromatic nitrogens is 1. The summed E-state index contributed by atoms with van der Waals surface area (Å²) in [5, 5.41) is 0. The molecule has 0 bridgehead atoms. The van der Waals surface area contributed by atoms with E-state index in [2.05, 4.69) is 41.4 Å². The molecule has 0 saturated carbocycles. The van der Waals surface area contributed by atoms with Crippen molar-refractivity contribution in [2.24, 2.45) is 5.73 Å². The van der Waals surface area contributed by atoms with Gasteiger partial charge >= 0.3 is 0 Å². The molecule has 0 spiro atoms. The second-order valence-electron chi connectivity index (χ2n) is 4.71. The number of hydrogen-bond donors (Lipinski definition) is 1. The van der Waals surface area contributed by atoms with Gasteiger partial charge in [0.05, 0.1) is 18.6 Å². The van der Waals surface area contributed by atoms with Gasteiger partial charge in [0.1, 0.15) is 0 Å². The highest BCUT2D eigenvalue weighted by molar-refractivity contribution is 5.42. The number of rotatable bonds is 3. The average molecular weight is 240 g/mol. The first-order chi connectivity index (χ1) is 8.85. The third-order valence-electron chi connectivity index (χ3n) is 3.67. The molecule has 1 aliphatic rings. The van der Waals surface area contributed by atoms with Gasteiger partial charge in [0.15, 0.2) is 0 Å². The maximum Gasteiger partial charge on any atom is 0.0670 e. The summed E-state index contributed by atoms with van der Waals surface area (Å²) in [5.41, 5.74) is 9.34. The Balaban J connectivity index is 2.01. The topological polar surface area (TPSA) is 48.1 Å². The minimum Gasteiger partial charge on any atom is -0.379 e. The van der Waals surface area contributed by atoms with Crippen LogP contribution in [0, 0.1) is 0 Å². The fourth-order valence-electron chi connectivity index (χ4n) is 2.44. The summed E-state index contributed by atoms with van der Waals surface area (Å²) in [6.07, 6.45) is 3.67. The third-order valence-corrected chi connectivity index (χ3v) is 3.67. The highest BCUT2D eigenvalue weighted by atomic mass is 16.5. The van der Waals surface area contributed by atoms with Gasteiger partial charge in [-0.25, -0.2) is 0 Å². The Morgan fingerprint density at radius 1 is 1.00 bits per heavy atom. The molecule has 3 rings (SSSR count). The molecular formula is C15H16N2O. The molecule has 0 radical (unpaired) electrons. The van der Waals surface area contributed by atoms with Crippen LogP contribution in [-0.4, -0.2) is 18.2 Å². The predicted octanol–water partition coefficient (Wildman–Crippen LogP) is 1.86. The summed E-state index contributed by atoms with van der Waals surface area (Å²) in [5.74, 6) is 0. The standard InChI is InChI=1S/C15H16N2O/c16-9-12-1-3-13(4-2-12)15(10-18-11-15)14-5-7-17-8-6-14/h1-8H,9-11,16H2. The zero-order valence-corrected chi connectivity index (χ0v) is 10.2. The second kappa shape index (κ2) is 4.52. The maximum absolute atomic E-state index is 5.63. The largest absolute Gasteiger partial charge is 0.379 e. The molecular weight excluding hydrogens is 224 g/mol. The minimum atomic E-state index is -0.00390. The van der Waals surface area contributed by atoms with Crippen LogP contribution < -0.4 is 5.73 Å². The first-order valence-electron chi connectivity index (χ1n) is 6.13. The van der Waals surface area contributed by atoms with Gasteiger partial charge in [-0.05, 0) is 28.8 Å². The van der Waals surface area contributed by atoms with Crippen molar-refractivity contribution < 1.29 is 4.74 Å². The number of hydrogen-bond acceptors (Lipinski definition) is 3. The summed E-state index contributed by atoms with van der Waals surface area (Å²) in [6, 6.07) is 12.6. The molecule has 1 aliphatic heterocycles. The second-order valence-corrected chi connectivity index (χ2v) is 4.71. The average Bonchev–Trinajstić information content (AvgIpc) is 2.40. The van der Waals surface area contributed by atoms with Crippen molar-refractivity contribution in [3.63, 3.8) is 0 Å². The van der Waals surface area contributed by atoms with Crippen LogP contribution in [0.4, 0.5) is 0 Å². The van der Waals surface area contributed by atoms with Crippen molar-refractivity contribution >= 4 is 0 Å². The molecule has 3 nitrogen and oxygen atoms in total. The van der Waals surface area contributed by atoms with Crippen LogP contribution in [0.5, 0.6) is 0 Å². The minimum absolute atomic E-state index is 0.00390. The molecule has 18 heavy (non-hydrogen) atoms. The molecule has 2 N–H and O–H groups in total. The van der Waals surface area contributed by atoms with Crippen LogP contribution >= 0.6 is 0 Å². The van der Waals surface area contributed by atoms with Crippen LogP contribution in [0.15, 0.2) is 48.8 Å². The smallest absolute Gasteiger partial charge is 0.0670 e. The number of benzene rings is 1. The molecule has 1 saturated heterocycles. The Morgan fingerprint density at radius 2 is 1.61 bits per heavy atom. The van der Waals surface area contributed by atoms with Gasteiger partial charge in [0.25, 0.3) is 0 Å². The van der Waals surface area contributed by atoms with Crippen LogP contribution in [0.1, 0.15) is 16.7 Å². The molecule has 0 atom stereocenters. The predicted molar refractivity (Wildman–Crippen MR) is 70.2 cm³/mol. The zero-order valence-electron chi connectivity index (χ0n) is 10.2. The lowest BCUT2D eigenvalue weighted by Gasteiger charge is -2.42. The van der Waals surface area contributed by atoms with E-state index < -0.39 is 0 Å². The lowest BCUT2D eigenvalue weighted by molar-refractivity contribution is -0.0380. The molecule has 0 aliphatic carbocycles. The van der Waals surface area contributed by atoms with Crippen molar-refractivity contribution in [2.75, 3.05) is 13.2 Å². The Bertz CT molecular complexity index is 518. The molecule has 0 amide bonds. The normalized spacial score (nSPS) is 17.2. The summed E-state index contributed by atoms with van der Waals surface area (Å²) in [7, 11) is 0. The molecule has 2 aromatic rings. The number of pyridine rings is 1. The van der Waals surface area contributed by atoms with Gasteiger partial charge in [-0.2, -0.15) is 0 Å². The van der Waals surface area contributed by atoms with Crippen molar-refractivity contribution in [1.29, 1.82) is 0 Å². The van der Waals surface area contributed by atoms with E-state index in [1.165, 1.54) is 11.1 Å². The van der Waals surface area contributed by atoms with E-state index in [0.717, 1.165) is 18.8 Å². The first kappa shape index (κ1) is 11.4. The van der Waals surface area contributed by atoms with Gasteiger partial charge in [-0.3, -0.25) is 4.98 Å². The van der Waals surface area contributed by atoms with Crippen LogP contribution in [0.2, 0.25) is 0 Å². The van der Waals surface area contributed by atoms with Crippen LogP contribution in [0.25, 0.3) is 0 Å². The van der Waals surface area contributed by atoms with E-state index in [9.17, 15) is 0 Å². The Labute approximate surface area is 107 Å². The van der Waals surface area contributed by atoms with E-state index in [1.54, 1.807) is 0 Å². The number of ether oxygens (including phenoxy) is 1. The van der Waals surface area contributed by atoms with Gasteiger partial charge in [-0.1, -0.05) is 24.3 Å². The molecule has 1 aromatic heterocycles. The third kappa shape index (κ3) is 1.72. The van der Waals surface area contributed by atoms with E-state index in [-0.39, 0.29) is 5.41 Å². The van der Waals surface area contributed by atoms with Gasteiger partial charge in [-0.15, -0.1) is 0 Å². The van der Waals surface area contributed by atoms with Crippen molar-refractivity contribution in [3.8, 4) is 0 Å². The van der Waals surface area contributed by atoms with Gasteiger partial charge in [0, 0.05) is 18.9 Å². The molecule has 3 heteroatoms. The van der Waals surface area contributed by atoms with E-state index in [4.69, 9.17) is 10.5 Å². The Morgan fingerprint density at radius 3 is 2.11 bits per heavy atom. The fraction of sp³-hybridized carbons (Fsp3) is 0.267. The molecule has 0 unspecified atom stereocenters. The Kier molecular flexibility index (Phi) is 2.86. The number of nitrogens with two attached hydrogens (primary N) is 1. The maximum atomic E-state index is 5.63. The van der Waals surface area contributed by atoms with E-state index in [0.29, 0.717) is 6.54 Å². The summed E-state index contributed by atoms with van der Waals surface area (Å²) >= 11 is 0. The van der Waals surface area contributed by atoms with E-state index >= 15 is 0 Å². The SMILES string of the molecule is NCc1ccc(C2(c3ccncc3)COC2)cc1. The molecule has 1 aromatic carbocycles. The lowest BCUT2D eigenvalue weighted by Crippen LogP contribution is -2.47. The monoisotopic (exact) mass is 240 g/mol. The van der Waals surface area contributed by atoms with Gasteiger partial charge in [0.2, 0.25) is 0 Å². The first-order valence-corrected chi connectivity index (χ1v) is 6.13. The van der Waals surface area contributed by atoms with Crippen molar-refractivity contribution in [2.45, 2.75) is 12.0 Å². The summed E-state index contributed by atoms with van der Waals surface area (Å²) < 4.78 is 5.46. The quantitative estimate of drug-likeness (QED) is 0.890. The Hall–Kier alpha value is -1.71. The van der Waals surface area contributed by atoms with Crippen LogP contribution in [0.3, 0.4) is 0 Å². The van der Waals surface area contributed by atoms with Crippen LogP contribution in [-0.2, 0) is 16.7 Å². The molecule has 2 heterocycles. The fourth-order valence-corrected chi connectivity index (χ4v) is 2.44. The number of nitrogens with zero attached hydrogens (tertiary/aromatic N) is 1. The molecule has 92 valence electrons. The highest BCUT2D eigenvalue weighted by Gasteiger charge is 2.41. The lowest BCUT2D eigenvalue weighted by atomic mass is 9.73. The van der Waals surface area contributed by atoms with Crippen molar-refractivity contribution in [3.05, 3.63) is 65.5 Å². The highest BCUT2D eigenvalue weighted by Crippen LogP contribution is 2.38. The van der Waals surface area contributed by atoms with Gasteiger partial charge < -0.3 is 10.5 Å². The van der Waals surface area contributed by atoms with E-state index in [1.807, 2.05) is 12.4 Å². The van der Waals surface area contributed by atoms with Crippen molar-refractivity contribution in [1.82, 2.24) is 4.98 Å². The summed E-state index contributed by atoms with van der Waals surface area (Å²) in [6.45, 7) is 2.05. The summed E-state index contributed by atoms with van der Waals surface area (Å²) in [4.78, 5) is 4.08. The zero-order chi connectivity index (χ0) is 12.4.